The number of rotatable bonds is 6. The minimum absolute atomic E-state index is 0.368. The number of hydrogen-bond acceptors (Lipinski definition) is 2. The van der Waals surface area contributed by atoms with Crippen molar-refractivity contribution in [3.05, 3.63) is 71.8 Å². The molecule has 2 aromatic carbocycles. The highest BCUT2D eigenvalue weighted by Gasteiger charge is 2.32. The average Bonchev–Trinajstić information content (AvgIpc) is 3.05. The van der Waals surface area contributed by atoms with Crippen LogP contribution in [0.5, 0.6) is 0 Å². The second kappa shape index (κ2) is 7.57. The van der Waals surface area contributed by atoms with Gasteiger partial charge in [0.25, 0.3) is 0 Å². The van der Waals surface area contributed by atoms with E-state index < -0.39 is 0 Å². The molecule has 3 rings (SSSR count). The van der Waals surface area contributed by atoms with E-state index in [9.17, 15) is 0 Å². The van der Waals surface area contributed by atoms with E-state index in [0.29, 0.717) is 12.1 Å². The van der Waals surface area contributed by atoms with Crippen molar-refractivity contribution in [3.63, 3.8) is 0 Å². The molecule has 2 nitrogen and oxygen atoms in total. The zero-order valence-electron chi connectivity index (χ0n) is 13.3. The van der Waals surface area contributed by atoms with Crippen molar-refractivity contribution in [2.75, 3.05) is 7.11 Å². The van der Waals surface area contributed by atoms with Crippen molar-refractivity contribution in [1.82, 2.24) is 4.90 Å². The maximum atomic E-state index is 5.74. The SMILES string of the molecule is COC1CCCC1N(Cc1ccccc1)Cc1ccccc1. The van der Waals surface area contributed by atoms with Gasteiger partial charge < -0.3 is 4.74 Å². The molecule has 0 aromatic heterocycles. The van der Waals surface area contributed by atoms with E-state index in [4.69, 9.17) is 4.74 Å². The van der Waals surface area contributed by atoms with E-state index in [1.54, 1.807) is 0 Å². The quantitative estimate of drug-likeness (QED) is 0.789. The summed E-state index contributed by atoms with van der Waals surface area (Å²) in [6.07, 6.45) is 4.05. The molecule has 2 unspecified atom stereocenters. The van der Waals surface area contributed by atoms with Crippen LogP contribution < -0.4 is 0 Å². The van der Waals surface area contributed by atoms with E-state index >= 15 is 0 Å². The van der Waals surface area contributed by atoms with E-state index in [2.05, 4.69) is 65.6 Å². The van der Waals surface area contributed by atoms with Gasteiger partial charge in [-0.05, 0) is 30.4 Å². The molecule has 1 aliphatic rings. The molecule has 1 fully saturated rings. The Morgan fingerprint density at radius 3 is 1.91 bits per heavy atom. The number of nitrogens with zero attached hydrogens (tertiary/aromatic N) is 1. The number of ether oxygens (including phenoxy) is 1. The first kappa shape index (κ1) is 15.3. The Bertz CT molecular complexity index is 513. The van der Waals surface area contributed by atoms with E-state index in [-0.39, 0.29) is 0 Å². The third-order valence-corrected chi connectivity index (χ3v) is 4.65. The van der Waals surface area contributed by atoms with Crippen molar-refractivity contribution >= 4 is 0 Å². The summed E-state index contributed by atoms with van der Waals surface area (Å²) in [6.45, 7) is 1.97. The maximum Gasteiger partial charge on any atom is 0.0726 e. The highest BCUT2D eigenvalue weighted by Crippen LogP contribution is 2.29. The molecular weight excluding hydrogens is 270 g/mol. The van der Waals surface area contributed by atoms with E-state index in [1.165, 1.54) is 30.4 Å². The van der Waals surface area contributed by atoms with Crippen LogP contribution in [0.2, 0.25) is 0 Å². The highest BCUT2D eigenvalue weighted by molar-refractivity contribution is 5.17. The molecule has 0 aliphatic heterocycles. The minimum atomic E-state index is 0.368. The van der Waals surface area contributed by atoms with E-state index in [0.717, 1.165) is 13.1 Å². The van der Waals surface area contributed by atoms with Gasteiger partial charge in [-0.2, -0.15) is 0 Å². The number of hydrogen-bond donors (Lipinski definition) is 0. The molecule has 0 spiro atoms. The fourth-order valence-corrected chi connectivity index (χ4v) is 3.53. The summed E-state index contributed by atoms with van der Waals surface area (Å²) in [6, 6.07) is 22.0. The molecular formula is C20H25NO. The van der Waals surface area contributed by atoms with Crippen molar-refractivity contribution < 1.29 is 4.74 Å². The number of benzene rings is 2. The summed E-state index contributed by atoms with van der Waals surface area (Å²) in [7, 11) is 1.85. The van der Waals surface area contributed by atoms with Gasteiger partial charge in [-0.15, -0.1) is 0 Å². The summed E-state index contributed by atoms with van der Waals surface area (Å²) in [4.78, 5) is 2.59. The molecule has 0 radical (unpaired) electrons. The standard InChI is InChI=1S/C20H25NO/c1-22-20-14-8-13-19(20)21(15-17-9-4-2-5-10-17)16-18-11-6-3-7-12-18/h2-7,9-12,19-20H,8,13-16H2,1H3. The fourth-order valence-electron chi connectivity index (χ4n) is 3.53. The molecule has 0 saturated heterocycles. The third kappa shape index (κ3) is 3.76. The Labute approximate surface area is 133 Å². The van der Waals surface area contributed by atoms with E-state index in [1.807, 2.05) is 7.11 Å². The molecule has 0 N–H and O–H groups in total. The Morgan fingerprint density at radius 2 is 1.41 bits per heavy atom. The zero-order chi connectivity index (χ0) is 15.2. The lowest BCUT2D eigenvalue weighted by atomic mass is 10.1. The second-order valence-electron chi connectivity index (χ2n) is 6.15. The number of methoxy groups -OCH3 is 1. The molecule has 0 bridgehead atoms. The Hall–Kier alpha value is -1.64. The van der Waals surface area contributed by atoms with Crippen LogP contribution in [0.15, 0.2) is 60.7 Å². The third-order valence-electron chi connectivity index (χ3n) is 4.65. The van der Waals surface area contributed by atoms with Crippen molar-refractivity contribution in [2.45, 2.75) is 44.5 Å². The van der Waals surface area contributed by atoms with Crippen molar-refractivity contribution in [1.29, 1.82) is 0 Å². The smallest absolute Gasteiger partial charge is 0.0726 e. The van der Waals surface area contributed by atoms with Gasteiger partial charge in [0.05, 0.1) is 6.10 Å². The lowest BCUT2D eigenvalue weighted by Crippen LogP contribution is -2.40. The molecule has 2 heteroatoms. The first-order chi connectivity index (χ1) is 10.9. The van der Waals surface area contributed by atoms with Crippen LogP contribution in [-0.4, -0.2) is 24.2 Å². The highest BCUT2D eigenvalue weighted by atomic mass is 16.5. The van der Waals surface area contributed by atoms with Crippen LogP contribution in [0, 0.1) is 0 Å². The van der Waals surface area contributed by atoms with Gasteiger partial charge >= 0.3 is 0 Å². The largest absolute Gasteiger partial charge is 0.380 e. The fraction of sp³-hybridized carbons (Fsp3) is 0.400. The monoisotopic (exact) mass is 295 g/mol. The first-order valence-corrected chi connectivity index (χ1v) is 8.21. The maximum absolute atomic E-state index is 5.74. The van der Waals surface area contributed by atoms with Gasteiger partial charge in [0, 0.05) is 26.2 Å². The van der Waals surface area contributed by atoms with Crippen LogP contribution in [0.25, 0.3) is 0 Å². The summed E-state index contributed by atoms with van der Waals surface area (Å²) in [5.74, 6) is 0. The summed E-state index contributed by atoms with van der Waals surface area (Å²) in [5, 5.41) is 0. The second-order valence-corrected chi connectivity index (χ2v) is 6.15. The topological polar surface area (TPSA) is 12.5 Å². The van der Waals surface area contributed by atoms with Gasteiger partial charge in [0.1, 0.15) is 0 Å². The average molecular weight is 295 g/mol. The predicted octanol–water partition coefficient (Wildman–Crippen LogP) is 4.26. The molecule has 1 saturated carbocycles. The van der Waals surface area contributed by atoms with Crippen molar-refractivity contribution in [2.24, 2.45) is 0 Å². The van der Waals surface area contributed by atoms with Crippen LogP contribution in [0.4, 0.5) is 0 Å². The zero-order valence-corrected chi connectivity index (χ0v) is 13.3. The Morgan fingerprint density at radius 1 is 0.864 bits per heavy atom. The van der Waals surface area contributed by atoms with Gasteiger partial charge in [-0.1, -0.05) is 60.7 Å². The molecule has 2 aromatic rings. The molecule has 0 heterocycles. The Kier molecular flexibility index (Phi) is 5.25. The molecule has 22 heavy (non-hydrogen) atoms. The van der Waals surface area contributed by atoms with Crippen molar-refractivity contribution in [3.8, 4) is 0 Å². The van der Waals surface area contributed by atoms with Crippen LogP contribution in [-0.2, 0) is 17.8 Å². The lowest BCUT2D eigenvalue weighted by molar-refractivity contribution is 0.0257. The molecule has 0 amide bonds. The van der Waals surface area contributed by atoms with Gasteiger partial charge in [0.15, 0.2) is 0 Å². The lowest BCUT2D eigenvalue weighted by Gasteiger charge is -2.32. The van der Waals surface area contributed by atoms with Gasteiger partial charge in [-0.3, -0.25) is 4.90 Å². The predicted molar refractivity (Wildman–Crippen MR) is 90.6 cm³/mol. The Balaban J connectivity index is 1.78. The first-order valence-electron chi connectivity index (χ1n) is 8.21. The summed E-state index contributed by atoms with van der Waals surface area (Å²) < 4.78 is 5.74. The molecule has 116 valence electrons. The summed E-state index contributed by atoms with van der Waals surface area (Å²) >= 11 is 0. The molecule has 2 atom stereocenters. The normalized spacial score (nSPS) is 21.4. The van der Waals surface area contributed by atoms with Crippen LogP contribution in [0.3, 0.4) is 0 Å². The van der Waals surface area contributed by atoms with Crippen LogP contribution >= 0.6 is 0 Å². The van der Waals surface area contributed by atoms with Gasteiger partial charge in [-0.25, -0.2) is 0 Å². The molecule has 1 aliphatic carbocycles. The summed E-state index contributed by atoms with van der Waals surface area (Å²) in [5.41, 5.74) is 2.75. The minimum Gasteiger partial charge on any atom is -0.380 e. The van der Waals surface area contributed by atoms with Crippen LogP contribution in [0.1, 0.15) is 30.4 Å². The van der Waals surface area contributed by atoms with Gasteiger partial charge in [0.2, 0.25) is 0 Å².